The zero-order chi connectivity index (χ0) is 20.0. The quantitative estimate of drug-likeness (QED) is 0.671. The van der Waals surface area contributed by atoms with Crippen LogP contribution in [0.4, 0.5) is 0 Å². The van der Waals surface area contributed by atoms with Gasteiger partial charge in [-0.2, -0.15) is 5.10 Å². The topological polar surface area (TPSA) is 73.1 Å². The third kappa shape index (κ3) is 2.80. The second-order valence-corrected chi connectivity index (χ2v) is 7.92. The van der Waals surface area contributed by atoms with E-state index in [9.17, 15) is 4.79 Å². The van der Waals surface area contributed by atoms with Crippen LogP contribution in [0.5, 0.6) is 5.75 Å². The monoisotopic (exact) mass is 389 g/mol. The summed E-state index contributed by atoms with van der Waals surface area (Å²) in [6.07, 6.45) is 8.01. The number of hydrogen-bond donors (Lipinski definition) is 0. The van der Waals surface area contributed by atoms with Crippen LogP contribution in [0.25, 0.3) is 11.3 Å². The lowest BCUT2D eigenvalue weighted by atomic mass is 9.81. The Bertz CT molecular complexity index is 1050. The first-order valence-electron chi connectivity index (χ1n) is 10.0. The van der Waals surface area contributed by atoms with Gasteiger partial charge < -0.3 is 9.64 Å². The minimum Gasteiger partial charge on any atom is -0.482 e. The number of fused-ring (bicyclic) bond motifs is 4. The lowest BCUT2D eigenvalue weighted by Gasteiger charge is -2.44. The molecule has 2 aromatic heterocycles. The Balaban J connectivity index is 1.48. The smallest absolute Gasteiger partial charge is 0.274 e. The van der Waals surface area contributed by atoms with Crippen LogP contribution >= 0.6 is 0 Å². The van der Waals surface area contributed by atoms with E-state index in [4.69, 9.17) is 4.74 Å². The molecule has 148 valence electrons. The van der Waals surface area contributed by atoms with Gasteiger partial charge in [-0.25, -0.2) is 4.98 Å². The average molecular weight is 389 g/mol. The fourth-order valence-electron chi connectivity index (χ4n) is 4.39. The second-order valence-electron chi connectivity index (χ2n) is 7.92. The van der Waals surface area contributed by atoms with Crippen molar-refractivity contribution in [1.29, 1.82) is 0 Å². The Morgan fingerprint density at radius 2 is 1.93 bits per heavy atom. The molecule has 1 saturated heterocycles. The third-order valence-corrected chi connectivity index (χ3v) is 5.86. The number of piperidine rings is 1. The molecule has 7 heteroatoms. The second kappa shape index (κ2) is 6.69. The summed E-state index contributed by atoms with van der Waals surface area (Å²) in [5.74, 6) is 0.804. The molecule has 1 fully saturated rings. The number of carbonyl (C=O) groups excluding carboxylic acids is 1. The number of amides is 1. The summed E-state index contributed by atoms with van der Waals surface area (Å²) in [6.45, 7) is 5.48. The first kappa shape index (κ1) is 17.8. The molecule has 3 aromatic rings. The van der Waals surface area contributed by atoms with Crippen LogP contribution in [0.2, 0.25) is 0 Å². The summed E-state index contributed by atoms with van der Waals surface area (Å²) in [5.41, 5.74) is 3.26. The van der Waals surface area contributed by atoms with Crippen molar-refractivity contribution in [3.8, 4) is 17.0 Å². The minimum absolute atomic E-state index is 0.0812. The molecule has 0 radical (unpaired) electrons. The summed E-state index contributed by atoms with van der Waals surface area (Å²) in [5, 5.41) is 4.69. The molecule has 2 aliphatic heterocycles. The number of rotatable bonds is 2. The normalized spacial score (nSPS) is 17.0. The van der Waals surface area contributed by atoms with Crippen LogP contribution in [0.1, 0.15) is 48.8 Å². The molecule has 0 aliphatic carbocycles. The molecule has 5 rings (SSSR count). The van der Waals surface area contributed by atoms with Gasteiger partial charge in [-0.3, -0.25) is 14.5 Å². The maximum absolute atomic E-state index is 12.8. The molecule has 1 spiro atoms. The van der Waals surface area contributed by atoms with E-state index < -0.39 is 5.60 Å². The molecule has 1 amide bonds. The molecule has 2 aliphatic rings. The number of para-hydroxylation sites is 1. The van der Waals surface area contributed by atoms with Crippen molar-refractivity contribution in [3.63, 3.8) is 0 Å². The van der Waals surface area contributed by atoms with Gasteiger partial charge in [0.2, 0.25) is 0 Å². The SMILES string of the molecule is CC(C)n1ncc2c1-c1ccccc1OC21CCN(C(=O)c2cnccn2)CC1. The van der Waals surface area contributed by atoms with E-state index in [1.165, 1.54) is 6.20 Å². The van der Waals surface area contributed by atoms with E-state index >= 15 is 0 Å². The minimum atomic E-state index is -0.462. The van der Waals surface area contributed by atoms with Crippen molar-refractivity contribution in [2.75, 3.05) is 13.1 Å². The number of hydrogen-bond acceptors (Lipinski definition) is 5. The van der Waals surface area contributed by atoms with E-state index in [0.717, 1.165) is 22.6 Å². The van der Waals surface area contributed by atoms with E-state index in [-0.39, 0.29) is 11.9 Å². The number of likely N-dealkylation sites (tertiary alicyclic amines) is 1. The van der Waals surface area contributed by atoms with Crippen molar-refractivity contribution < 1.29 is 9.53 Å². The molecule has 7 nitrogen and oxygen atoms in total. The Morgan fingerprint density at radius 3 is 2.66 bits per heavy atom. The fraction of sp³-hybridized carbons (Fsp3) is 0.364. The molecule has 4 heterocycles. The molecule has 0 bridgehead atoms. The summed E-state index contributed by atoms with van der Waals surface area (Å²) in [7, 11) is 0. The number of carbonyl (C=O) groups is 1. The van der Waals surface area contributed by atoms with E-state index in [1.54, 1.807) is 12.4 Å². The summed E-state index contributed by atoms with van der Waals surface area (Å²) < 4.78 is 8.67. The number of nitrogens with zero attached hydrogens (tertiary/aromatic N) is 5. The van der Waals surface area contributed by atoms with Crippen LogP contribution in [0.3, 0.4) is 0 Å². The first-order valence-corrected chi connectivity index (χ1v) is 10.0. The van der Waals surface area contributed by atoms with Crippen molar-refractivity contribution in [2.24, 2.45) is 0 Å². The highest BCUT2D eigenvalue weighted by Crippen LogP contribution is 2.50. The van der Waals surface area contributed by atoms with Gasteiger partial charge in [0.25, 0.3) is 5.91 Å². The summed E-state index contributed by atoms with van der Waals surface area (Å²) in [6, 6.07) is 8.40. The van der Waals surface area contributed by atoms with E-state index in [2.05, 4.69) is 39.7 Å². The highest BCUT2D eigenvalue weighted by molar-refractivity contribution is 5.92. The van der Waals surface area contributed by atoms with Crippen LogP contribution in [-0.4, -0.2) is 43.6 Å². The largest absolute Gasteiger partial charge is 0.482 e. The third-order valence-electron chi connectivity index (χ3n) is 5.86. The van der Waals surface area contributed by atoms with E-state index in [0.29, 0.717) is 31.6 Å². The van der Waals surface area contributed by atoms with Gasteiger partial charge in [-0.1, -0.05) is 12.1 Å². The van der Waals surface area contributed by atoms with Gasteiger partial charge in [0, 0.05) is 55.5 Å². The molecule has 0 N–H and O–H groups in total. The Labute approximate surface area is 169 Å². The standard InChI is InChI=1S/C22H23N5O2/c1-15(2)27-20-16-5-3-4-6-19(16)29-22(17(20)13-25-27)7-11-26(12-8-22)21(28)18-14-23-9-10-24-18/h3-6,9-10,13-15H,7-8,11-12H2,1-2H3. The van der Waals surface area contributed by atoms with Crippen LogP contribution in [0.15, 0.2) is 49.1 Å². The summed E-state index contributed by atoms with van der Waals surface area (Å²) in [4.78, 5) is 22.8. The van der Waals surface area contributed by atoms with Crippen LogP contribution < -0.4 is 4.74 Å². The van der Waals surface area contributed by atoms with Gasteiger partial charge in [-0.05, 0) is 26.0 Å². The molecule has 0 atom stereocenters. The van der Waals surface area contributed by atoms with Crippen LogP contribution in [0, 0.1) is 0 Å². The maximum Gasteiger partial charge on any atom is 0.274 e. The molecular weight excluding hydrogens is 366 g/mol. The van der Waals surface area contributed by atoms with Gasteiger partial charge in [0.15, 0.2) is 0 Å². The van der Waals surface area contributed by atoms with Crippen molar-refractivity contribution in [3.05, 3.63) is 60.3 Å². The molecule has 0 unspecified atom stereocenters. The predicted molar refractivity (Wildman–Crippen MR) is 108 cm³/mol. The van der Waals surface area contributed by atoms with Crippen LogP contribution in [-0.2, 0) is 5.60 Å². The van der Waals surface area contributed by atoms with Gasteiger partial charge in [-0.15, -0.1) is 0 Å². The zero-order valence-corrected chi connectivity index (χ0v) is 16.6. The highest BCUT2D eigenvalue weighted by Gasteiger charge is 2.46. The molecule has 0 saturated carbocycles. The van der Waals surface area contributed by atoms with Crippen molar-refractivity contribution in [1.82, 2.24) is 24.6 Å². The van der Waals surface area contributed by atoms with Crippen molar-refractivity contribution in [2.45, 2.75) is 38.3 Å². The zero-order valence-electron chi connectivity index (χ0n) is 16.6. The lowest BCUT2D eigenvalue weighted by molar-refractivity contribution is -0.00195. The fourth-order valence-corrected chi connectivity index (χ4v) is 4.39. The Kier molecular flexibility index (Phi) is 4.12. The highest BCUT2D eigenvalue weighted by atomic mass is 16.5. The number of ether oxygens (including phenoxy) is 1. The van der Waals surface area contributed by atoms with Gasteiger partial charge in [0.05, 0.1) is 18.1 Å². The molecule has 29 heavy (non-hydrogen) atoms. The van der Waals surface area contributed by atoms with Gasteiger partial charge >= 0.3 is 0 Å². The maximum atomic E-state index is 12.8. The Hall–Kier alpha value is -3.22. The van der Waals surface area contributed by atoms with Gasteiger partial charge in [0.1, 0.15) is 17.0 Å². The molecular formula is C22H23N5O2. The first-order chi connectivity index (χ1) is 14.1. The number of aromatic nitrogens is 4. The Morgan fingerprint density at radius 1 is 1.14 bits per heavy atom. The molecule has 1 aromatic carbocycles. The predicted octanol–water partition coefficient (Wildman–Crippen LogP) is 3.44. The summed E-state index contributed by atoms with van der Waals surface area (Å²) >= 11 is 0. The van der Waals surface area contributed by atoms with E-state index in [1.807, 2.05) is 29.3 Å². The van der Waals surface area contributed by atoms with Crippen molar-refractivity contribution >= 4 is 5.91 Å². The average Bonchev–Trinajstić information content (AvgIpc) is 3.22. The number of benzene rings is 1. The lowest BCUT2D eigenvalue weighted by Crippen LogP contribution is -2.49.